The number of hydrogen-bond acceptors (Lipinski definition) is 2. The maximum absolute atomic E-state index is 13.4. The summed E-state index contributed by atoms with van der Waals surface area (Å²) in [6.45, 7) is 0. The van der Waals surface area contributed by atoms with Gasteiger partial charge in [-0.25, -0.2) is 0 Å². The lowest BCUT2D eigenvalue weighted by Crippen LogP contribution is -2.27. The topological polar surface area (TPSA) is 26.3 Å². The molecule has 1 unspecified atom stereocenters. The fourth-order valence-electron chi connectivity index (χ4n) is 3.00. The third kappa shape index (κ3) is 2.71. The van der Waals surface area contributed by atoms with E-state index in [9.17, 15) is 4.79 Å². The molecule has 0 saturated carbocycles. The molecule has 3 aromatic carbocycles. The zero-order valence-electron chi connectivity index (χ0n) is 13.4. The number of hydrogen-bond donors (Lipinski definition) is 0. The Balaban J connectivity index is 1.90. The van der Waals surface area contributed by atoms with Crippen molar-refractivity contribution in [3.8, 4) is 0 Å². The van der Waals surface area contributed by atoms with E-state index in [0.29, 0.717) is 11.3 Å². The van der Waals surface area contributed by atoms with E-state index in [-0.39, 0.29) is 5.78 Å². The van der Waals surface area contributed by atoms with Crippen LogP contribution in [0.5, 0.6) is 0 Å². The molecule has 3 aromatic rings. The van der Waals surface area contributed by atoms with Gasteiger partial charge in [-0.05, 0) is 21.5 Å². The van der Waals surface area contributed by atoms with Crippen molar-refractivity contribution in [2.24, 2.45) is 0 Å². The van der Waals surface area contributed by atoms with Gasteiger partial charge >= 0.3 is 0 Å². The molecule has 2 nitrogen and oxygen atoms in total. The fourth-order valence-corrected chi connectivity index (χ4v) is 3.63. The number of alkyl halides is 1. The van der Waals surface area contributed by atoms with Gasteiger partial charge in [-0.2, -0.15) is 0 Å². The standard InChI is InChI=1S/C22H15BrO2/c23-22(18-14-8-3-9-15-18)21(24)19(16-10-4-1-5-11-16)20(25-22)17-12-6-2-7-13-17/h1-15H. The predicted octanol–water partition coefficient (Wildman–Crippen LogP) is 5.40. The Labute approximate surface area is 154 Å². The average Bonchev–Trinajstić information content (AvgIpc) is 2.96. The molecule has 0 N–H and O–H groups in total. The first-order valence-electron chi connectivity index (χ1n) is 8.03. The molecule has 1 atom stereocenters. The summed E-state index contributed by atoms with van der Waals surface area (Å²) in [5.74, 6) is 0.501. The lowest BCUT2D eigenvalue weighted by molar-refractivity contribution is -0.121. The van der Waals surface area contributed by atoms with Crippen LogP contribution in [-0.2, 0) is 14.0 Å². The zero-order chi connectivity index (χ0) is 17.3. The summed E-state index contributed by atoms with van der Waals surface area (Å²) in [6.07, 6.45) is 0. The highest BCUT2D eigenvalue weighted by Gasteiger charge is 2.49. The SMILES string of the molecule is O=C1C(c2ccccc2)=C(c2ccccc2)OC1(Br)c1ccccc1. The molecular weight excluding hydrogens is 376 g/mol. The first-order valence-corrected chi connectivity index (χ1v) is 8.83. The van der Waals surface area contributed by atoms with E-state index in [4.69, 9.17) is 4.74 Å². The molecule has 0 spiro atoms. The van der Waals surface area contributed by atoms with Gasteiger partial charge in [0, 0.05) is 11.1 Å². The molecule has 0 amide bonds. The smallest absolute Gasteiger partial charge is 0.251 e. The molecule has 4 rings (SSSR count). The van der Waals surface area contributed by atoms with E-state index in [2.05, 4.69) is 15.9 Å². The van der Waals surface area contributed by atoms with Crippen LogP contribution in [0.2, 0.25) is 0 Å². The van der Waals surface area contributed by atoms with E-state index in [1.165, 1.54) is 0 Å². The number of rotatable bonds is 3. The molecule has 0 saturated heterocycles. The number of halogens is 1. The lowest BCUT2D eigenvalue weighted by Gasteiger charge is -2.22. The number of ether oxygens (including phenoxy) is 1. The van der Waals surface area contributed by atoms with Gasteiger partial charge in [0.05, 0.1) is 5.57 Å². The van der Waals surface area contributed by atoms with E-state index >= 15 is 0 Å². The predicted molar refractivity (Wildman–Crippen MR) is 103 cm³/mol. The molecule has 3 heteroatoms. The summed E-state index contributed by atoms with van der Waals surface area (Å²) >= 11 is 3.58. The minimum absolute atomic E-state index is 0.0937. The van der Waals surface area contributed by atoms with Crippen LogP contribution in [0, 0.1) is 0 Å². The first kappa shape index (κ1) is 15.9. The first-order chi connectivity index (χ1) is 12.2. The van der Waals surface area contributed by atoms with Crippen LogP contribution in [0.4, 0.5) is 0 Å². The summed E-state index contributed by atoms with van der Waals surface area (Å²) in [7, 11) is 0. The molecule has 1 aliphatic rings. The van der Waals surface area contributed by atoms with Gasteiger partial charge in [0.2, 0.25) is 5.78 Å². The van der Waals surface area contributed by atoms with Crippen LogP contribution >= 0.6 is 15.9 Å². The highest BCUT2D eigenvalue weighted by atomic mass is 79.9. The van der Waals surface area contributed by atoms with Gasteiger partial charge in [0.1, 0.15) is 5.76 Å². The van der Waals surface area contributed by atoms with E-state index < -0.39 is 4.51 Å². The molecule has 0 bridgehead atoms. The van der Waals surface area contributed by atoms with Gasteiger partial charge in [-0.3, -0.25) is 4.79 Å². The normalized spacial score (nSPS) is 19.8. The highest BCUT2D eigenvalue weighted by molar-refractivity contribution is 9.10. The van der Waals surface area contributed by atoms with E-state index in [1.807, 2.05) is 91.0 Å². The fraction of sp³-hybridized carbons (Fsp3) is 0.0455. The second-order valence-electron chi connectivity index (χ2n) is 5.83. The summed E-state index contributed by atoms with van der Waals surface area (Å²) < 4.78 is 5.04. The van der Waals surface area contributed by atoms with Crippen molar-refractivity contribution in [2.45, 2.75) is 4.51 Å². The zero-order valence-corrected chi connectivity index (χ0v) is 14.9. The maximum atomic E-state index is 13.4. The van der Waals surface area contributed by atoms with Crippen molar-refractivity contribution >= 4 is 33.0 Å². The summed E-state index contributed by atoms with van der Waals surface area (Å²) in [6, 6.07) is 28.9. The minimum atomic E-state index is -1.20. The number of carbonyl (C=O) groups is 1. The summed E-state index contributed by atoms with van der Waals surface area (Å²) in [5.41, 5.74) is 3.10. The Hall–Kier alpha value is -2.65. The summed E-state index contributed by atoms with van der Waals surface area (Å²) in [4.78, 5) is 13.4. The van der Waals surface area contributed by atoms with E-state index in [1.54, 1.807) is 0 Å². The Morgan fingerprint density at radius 3 is 1.72 bits per heavy atom. The molecule has 1 heterocycles. The molecule has 25 heavy (non-hydrogen) atoms. The number of Topliss-reactive ketones (excluding diaryl/α,β-unsaturated/α-hetero) is 1. The molecule has 0 aromatic heterocycles. The quantitative estimate of drug-likeness (QED) is 0.559. The second-order valence-corrected chi connectivity index (χ2v) is 6.95. The largest absolute Gasteiger partial charge is 0.462 e. The highest BCUT2D eigenvalue weighted by Crippen LogP contribution is 2.49. The van der Waals surface area contributed by atoms with Gasteiger partial charge < -0.3 is 4.74 Å². The molecule has 0 fully saturated rings. The van der Waals surface area contributed by atoms with Crippen LogP contribution < -0.4 is 0 Å². The van der Waals surface area contributed by atoms with Crippen LogP contribution in [0.1, 0.15) is 16.7 Å². The molecule has 0 radical (unpaired) electrons. The van der Waals surface area contributed by atoms with Gasteiger partial charge in [0.15, 0.2) is 0 Å². The number of benzene rings is 3. The van der Waals surface area contributed by atoms with Gasteiger partial charge in [-0.15, -0.1) is 0 Å². The Bertz CT molecular complexity index is 934. The van der Waals surface area contributed by atoms with Crippen molar-refractivity contribution < 1.29 is 9.53 Å². The molecule has 1 aliphatic heterocycles. The van der Waals surface area contributed by atoms with Crippen molar-refractivity contribution in [1.82, 2.24) is 0 Å². The summed E-state index contributed by atoms with van der Waals surface area (Å²) in [5, 5.41) is 0. The average molecular weight is 391 g/mol. The molecule has 0 aliphatic carbocycles. The van der Waals surface area contributed by atoms with Crippen molar-refractivity contribution in [1.29, 1.82) is 0 Å². The number of carbonyl (C=O) groups excluding carboxylic acids is 1. The van der Waals surface area contributed by atoms with Crippen LogP contribution in [0.3, 0.4) is 0 Å². The molecular formula is C22H15BrO2. The Morgan fingerprint density at radius 1 is 0.680 bits per heavy atom. The van der Waals surface area contributed by atoms with Crippen LogP contribution in [0.25, 0.3) is 11.3 Å². The third-order valence-corrected chi connectivity index (χ3v) is 5.21. The van der Waals surface area contributed by atoms with Gasteiger partial charge in [-0.1, -0.05) is 91.0 Å². The lowest BCUT2D eigenvalue weighted by atomic mass is 9.95. The van der Waals surface area contributed by atoms with Crippen molar-refractivity contribution in [3.05, 3.63) is 108 Å². The number of ketones is 1. The Kier molecular flexibility index (Phi) is 4.02. The van der Waals surface area contributed by atoms with E-state index in [0.717, 1.165) is 16.7 Å². The third-order valence-electron chi connectivity index (χ3n) is 4.23. The Morgan fingerprint density at radius 2 is 1.16 bits per heavy atom. The van der Waals surface area contributed by atoms with Crippen LogP contribution in [0.15, 0.2) is 91.0 Å². The van der Waals surface area contributed by atoms with Crippen molar-refractivity contribution in [3.63, 3.8) is 0 Å². The second kappa shape index (κ2) is 6.34. The van der Waals surface area contributed by atoms with Gasteiger partial charge in [0.25, 0.3) is 4.51 Å². The van der Waals surface area contributed by atoms with Crippen molar-refractivity contribution in [2.75, 3.05) is 0 Å². The monoisotopic (exact) mass is 390 g/mol. The maximum Gasteiger partial charge on any atom is 0.251 e. The minimum Gasteiger partial charge on any atom is -0.462 e. The molecule has 122 valence electrons. The van der Waals surface area contributed by atoms with Crippen LogP contribution in [-0.4, -0.2) is 5.78 Å².